The Hall–Kier alpha value is -2.73. The van der Waals surface area contributed by atoms with Crippen LogP contribution in [0.15, 0.2) is 42.5 Å². The predicted molar refractivity (Wildman–Crippen MR) is 122 cm³/mol. The molecule has 31 heavy (non-hydrogen) atoms. The van der Waals surface area contributed by atoms with Crippen molar-refractivity contribution in [2.24, 2.45) is 0 Å². The van der Waals surface area contributed by atoms with Crippen LogP contribution in [0.3, 0.4) is 0 Å². The third-order valence-corrected chi connectivity index (χ3v) is 5.43. The van der Waals surface area contributed by atoms with E-state index in [2.05, 4.69) is 10.6 Å². The van der Waals surface area contributed by atoms with Crippen LogP contribution in [0.25, 0.3) is 0 Å². The lowest BCUT2D eigenvalue weighted by atomic mass is 9.95. The molecule has 0 bridgehead atoms. The fourth-order valence-electron chi connectivity index (χ4n) is 3.49. The zero-order chi connectivity index (χ0) is 22.1. The van der Waals surface area contributed by atoms with Crippen molar-refractivity contribution in [3.63, 3.8) is 0 Å². The lowest BCUT2D eigenvalue weighted by Gasteiger charge is -2.23. The number of nitrogens with one attached hydrogen (secondary N) is 2. The number of ether oxygens (including phenoxy) is 2. The van der Waals surface area contributed by atoms with Gasteiger partial charge in [0.25, 0.3) is 11.8 Å². The summed E-state index contributed by atoms with van der Waals surface area (Å²) in [6.07, 6.45) is 6.39. The molecule has 0 spiro atoms. The molecule has 2 aromatic carbocycles. The van der Waals surface area contributed by atoms with Gasteiger partial charge >= 0.3 is 0 Å². The van der Waals surface area contributed by atoms with Gasteiger partial charge in [0.2, 0.25) is 0 Å². The van der Waals surface area contributed by atoms with Crippen LogP contribution in [-0.4, -0.2) is 31.1 Å². The molecule has 1 fully saturated rings. The summed E-state index contributed by atoms with van der Waals surface area (Å²) in [4.78, 5) is 24.9. The van der Waals surface area contributed by atoms with E-state index >= 15 is 0 Å². The number of amides is 2. The minimum Gasteiger partial charge on any atom is -0.494 e. The summed E-state index contributed by atoms with van der Waals surface area (Å²) in [6.45, 7) is 2.55. The van der Waals surface area contributed by atoms with Crippen LogP contribution in [0.2, 0.25) is 5.02 Å². The van der Waals surface area contributed by atoms with E-state index in [0.29, 0.717) is 28.6 Å². The minimum absolute atomic E-state index is 0.151. The SMILES string of the molecule is CCCOc1ccc(OCC(=O)Nc2ccc(Cl)c(C(=O)NC3CCCCC3)c2)cc1. The minimum atomic E-state index is -0.327. The van der Waals surface area contributed by atoms with E-state index in [1.165, 1.54) is 6.42 Å². The van der Waals surface area contributed by atoms with Crippen LogP contribution in [0, 0.1) is 0 Å². The van der Waals surface area contributed by atoms with Crippen molar-refractivity contribution in [1.82, 2.24) is 5.32 Å². The van der Waals surface area contributed by atoms with Crippen LogP contribution < -0.4 is 20.1 Å². The number of carbonyl (C=O) groups excluding carboxylic acids is 2. The van der Waals surface area contributed by atoms with Gasteiger partial charge in [0, 0.05) is 11.7 Å². The molecule has 3 rings (SSSR count). The Morgan fingerprint density at radius 1 is 1.00 bits per heavy atom. The highest BCUT2D eigenvalue weighted by atomic mass is 35.5. The van der Waals surface area contributed by atoms with Gasteiger partial charge in [0.15, 0.2) is 6.61 Å². The second kappa shape index (κ2) is 11.6. The van der Waals surface area contributed by atoms with Crippen molar-refractivity contribution in [2.75, 3.05) is 18.5 Å². The fraction of sp³-hybridized carbons (Fsp3) is 0.417. The fourth-order valence-corrected chi connectivity index (χ4v) is 3.69. The maximum absolute atomic E-state index is 12.6. The second-order valence-electron chi connectivity index (χ2n) is 7.66. The molecule has 2 aromatic rings. The van der Waals surface area contributed by atoms with Crippen LogP contribution >= 0.6 is 11.6 Å². The van der Waals surface area contributed by atoms with Gasteiger partial charge in [-0.15, -0.1) is 0 Å². The highest BCUT2D eigenvalue weighted by molar-refractivity contribution is 6.34. The summed E-state index contributed by atoms with van der Waals surface area (Å²) < 4.78 is 11.1. The van der Waals surface area contributed by atoms with E-state index in [1.54, 1.807) is 42.5 Å². The molecule has 1 saturated carbocycles. The van der Waals surface area contributed by atoms with Crippen molar-refractivity contribution in [1.29, 1.82) is 0 Å². The maximum Gasteiger partial charge on any atom is 0.262 e. The molecule has 2 N–H and O–H groups in total. The van der Waals surface area contributed by atoms with Crippen LogP contribution in [-0.2, 0) is 4.79 Å². The topological polar surface area (TPSA) is 76.7 Å². The zero-order valence-electron chi connectivity index (χ0n) is 17.8. The quantitative estimate of drug-likeness (QED) is 0.556. The van der Waals surface area contributed by atoms with Crippen molar-refractivity contribution in [2.45, 2.75) is 51.5 Å². The smallest absolute Gasteiger partial charge is 0.262 e. The largest absolute Gasteiger partial charge is 0.494 e. The number of hydrogen-bond acceptors (Lipinski definition) is 4. The Balaban J connectivity index is 1.52. The first-order valence-corrected chi connectivity index (χ1v) is 11.2. The number of benzene rings is 2. The molecule has 0 saturated heterocycles. The third kappa shape index (κ3) is 7.17. The van der Waals surface area contributed by atoms with E-state index in [9.17, 15) is 9.59 Å². The van der Waals surface area contributed by atoms with Crippen molar-refractivity contribution in [3.8, 4) is 11.5 Å². The molecule has 7 heteroatoms. The van der Waals surface area contributed by atoms with E-state index in [0.717, 1.165) is 37.9 Å². The number of hydrogen-bond donors (Lipinski definition) is 2. The molecule has 0 radical (unpaired) electrons. The lowest BCUT2D eigenvalue weighted by Crippen LogP contribution is -2.36. The summed E-state index contributed by atoms with van der Waals surface area (Å²) in [7, 11) is 0. The molecule has 0 heterocycles. The number of rotatable bonds is 9. The van der Waals surface area contributed by atoms with Crippen LogP contribution in [0.1, 0.15) is 55.8 Å². The molecular formula is C24H29ClN2O4. The molecular weight excluding hydrogens is 416 g/mol. The molecule has 2 amide bonds. The second-order valence-corrected chi connectivity index (χ2v) is 8.07. The Kier molecular flexibility index (Phi) is 8.59. The summed E-state index contributed by atoms with van der Waals surface area (Å²) in [5.41, 5.74) is 0.851. The van der Waals surface area contributed by atoms with E-state index in [-0.39, 0.29) is 24.5 Å². The van der Waals surface area contributed by atoms with E-state index < -0.39 is 0 Å². The first-order chi connectivity index (χ1) is 15.0. The van der Waals surface area contributed by atoms with Gasteiger partial charge in [-0.3, -0.25) is 9.59 Å². The predicted octanol–water partition coefficient (Wildman–Crippen LogP) is 5.21. The van der Waals surface area contributed by atoms with Crippen molar-refractivity contribution in [3.05, 3.63) is 53.1 Å². The number of anilines is 1. The molecule has 6 nitrogen and oxygen atoms in total. The third-order valence-electron chi connectivity index (χ3n) is 5.10. The Morgan fingerprint density at radius 2 is 1.68 bits per heavy atom. The Bertz CT molecular complexity index is 880. The van der Waals surface area contributed by atoms with Gasteiger partial charge in [0.05, 0.1) is 17.2 Å². The van der Waals surface area contributed by atoms with Crippen molar-refractivity contribution >= 4 is 29.1 Å². The first kappa shape index (κ1) is 22.9. The molecule has 0 aliphatic heterocycles. The zero-order valence-corrected chi connectivity index (χ0v) is 18.5. The molecule has 1 aliphatic carbocycles. The summed E-state index contributed by atoms with van der Waals surface area (Å²) >= 11 is 6.22. The maximum atomic E-state index is 12.6. The van der Waals surface area contributed by atoms with Crippen LogP contribution in [0.4, 0.5) is 5.69 Å². The van der Waals surface area contributed by atoms with E-state index in [4.69, 9.17) is 21.1 Å². The molecule has 166 valence electrons. The Labute approximate surface area is 188 Å². The summed E-state index contributed by atoms with van der Waals surface area (Å²) in [6, 6.07) is 12.2. The van der Waals surface area contributed by atoms with E-state index in [1.807, 2.05) is 6.92 Å². The lowest BCUT2D eigenvalue weighted by molar-refractivity contribution is -0.118. The average Bonchev–Trinajstić information content (AvgIpc) is 2.79. The number of halogens is 1. The van der Waals surface area contributed by atoms with Crippen LogP contribution in [0.5, 0.6) is 11.5 Å². The molecule has 0 aromatic heterocycles. The standard InChI is InChI=1S/C24H29ClN2O4/c1-2-14-30-19-9-11-20(12-10-19)31-16-23(28)26-18-8-13-22(25)21(15-18)24(29)27-17-6-4-3-5-7-17/h8-13,15,17H,2-7,14,16H2,1H3,(H,26,28)(H,27,29). The van der Waals surface area contributed by atoms with Gasteiger partial charge in [-0.05, 0) is 61.7 Å². The van der Waals surface area contributed by atoms with Gasteiger partial charge in [-0.25, -0.2) is 0 Å². The van der Waals surface area contributed by atoms with Gasteiger partial charge < -0.3 is 20.1 Å². The summed E-state index contributed by atoms with van der Waals surface area (Å²) in [5.74, 6) is 0.795. The first-order valence-electron chi connectivity index (χ1n) is 10.8. The van der Waals surface area contributed by atoms with Gasteiger partial charge in [-0.1, -0.05) is 37.8 Å². The molecule has 0 unspecified atom stereocenters. The normalized spacial score (nSPS) is 14.0. The van der Waals surface area contributed by atoms with Gasteiger partial charge in [0.1, 0.15) is 11.5 Å². The average molecular weight is 445 g/mol. The van der Waals surface area contributed by atoms with Crippen molar-refractivity contribution < 1.29 is 19.1 Å². The number of carbonyl (C=O) groups is 2. The molecule has 1 aliphatic rings. The highest BCUT2D eigenvalue weighted by Crippen LogP contribution is 2.23. The summed E-state index contributed by atoms with van der Waals surface area (Å²) in [5, 5.41) is 6.15. The van der Waals surface area contributed by atoms with Gasteiger partial charge in [-0.2, -0.15) is 0 Å². The highest BCUT2D eigenvalue weighted by Gasteiger charge is 2.19. The monoisotopic (exact) mass is 444 g/mol. The molecule has 0 atom stereocenters. The Morgan fingerprint density at radius 3 is 2.35 bits per heavy atom.